The standard InChI is InChI=1S/C20H20BrN3O4/c21-16-6-4-13(5-7-16)10-18(25)22-17-3-1-2-14(11-17)19(26)23-24-20(27)15-8-9-28-12-15/h1-7,11,15H,8-10,12H2,(H,22,25)(H,23,26)(H,24,27). The number of hydrogen-bond donors (Lipinski definition) is 3. The van der Waals surface area contributed by atoms with Gasteiger partial charge < -0.3 is 10.1 Å². The molecule has 3 amide bonds. The molecule has 1 saturated heterocycles. The average molecular weight is 446 g/mol. The van der Waals surface area contributed by atoms with E-state index in [1.54, 1.807) is 24.3 Å². The summed E-state index contributed by atoms with van der Waals surface area (Å²) in [7, 11) is 0. The van der Waals surface area contributed by atoms with Crippen LogP contribution in [-0.4, -0.2) is 30.9 Å². The lowest BCUT2D eigenvalue weighted by Gasteiger charge is -2.11. The maximum Gasteiger partial charge on any atom is 0.269 e. The Morgan fingerprint density at radius 2 is 1.86 bits per heavy atom. The second kappa shape index (κ2) is 9.48. The zero-order valence-corrected chi connectivity index (χ0v) is 16.6. The minimum atomic E-state index is -0.462. The topological polar surface area (TPSA) is 96.5 Å². The molecule has 0 bridgehead atoms. The van der Waals surface area contributed by atoms with E-state index >= 15 is 0 Å². The van der Waals surface area contributed by atoms with Gasteiger partial charge in [-0.3, -0.25) is 25.2 Å². The number of hydrogen-bond acceptors (Lipinski definition) is 4. The van der Waals surface area contributed by atoms with Crippen molar-refractivity contribution in [1.82, 2.24) is 10.9 Å². The zero-order valence-electron chi connectivity index (χ0n) is 15.0. The van der Waals surface area contributed by atoms with E-state index in [2.05, 4.69) is 32.1 Å². The minimum Gasteiger partial charge on any atom is -0.381 e. The van der Waals surface area contributed by atoms with Gasteiger partial charge >= 0.3 is 0 Å². The third kappa shape index (κ3) is 5.64. The van der Waals surface area contributed by atoms with Crippen LogP contribution in [0.5, 0.6) is 0 Å². The normalized spacial score (nSPS) is 15.7. The van der Waals surface area contributed by atoms with Crippen molar-refractivity contribution in [3.05, 3.63) is 64.1 Å². The van der Waals surface area contributed by atoms with Gasteiger partial charge in [0.1, 0.15) is 0 Å². The molecule has 0 aromatic heterocycles. The predicted molar refractivity (Wildman–Crippen MR) is 107 cm³/mol. The van der Waals surface area contributed by atoms with Crippen LogP contribution < -0.4 is 16.2 Å². The van der Waals surface area contributed by atoms with Gasteiger partial charge in [-0.25, -0.2) is 0 Å². The third-order valence-corrected chi connectivity index (χ3v) is 4.81. The van der Waals surface area contributed by atoms with Crippen LogP contribution >= 0.6 is 15.9 Å². The fourth-order valence-electron chi connectivity index (χ4n) is 2.76. The van der Waals surface area contributed by atoms with E-state index in [4.69, 9.17) is 4.74 Å². The molecule has 1 fully saturated rings. The Morgan fingerprint density at radius 1 is 1.07 bits per heavy atom. The smallest absolute Gasteiger partial charge is 0.269 e. The highest BCUT2D eigenvalue weighted by molar-refractivity contribution is 9.10. The highest BCUT2D eigenvalue weighted by Gasteiger charge is 2.23. The highest BCUT2D eigenvalue weighted by Crippen LogP contribution is 2.14. The van der Waals surface area contributed by atoms with E-state index in [1.165, 1.54) is 0 Å². The van der Waals surface area contributed by atoms with Gasteiger partial charge in [0, 0.05) is 22.3 Å². The largest absolute Gasteiger partial charge is 0.381 e. The van der Waals surface area contributed by atoms with Crippen LogP contribution in [0.15, 0.2) is 53.0 Å². The first-order chi connectivity index (χ1) is 13.5. The Hall–Kier alpha value is -2.71. The van der Waals surface area contributed by atoms with E-state index in [9.17, 15) is 14.4 Å². The Kier molecular flexibility index (Phi) is 6.78. The molecule has 1 aliphatic rings. The number of ether oxygens (including phenoxy) is 1. The first-order valence-electron chi connectivity index (χ1n) is 8.83. The minimum absolute atomic E-state index is 0.186. The van der Waals surface area contributed by atoms with Gasteiger partial charge in [-0.15, -0.1) is 0 Å². The molecule has 1 aliphatic heterocycles. The number of carbonyl (C=O) groups excluding carboxylic acids is 3. The lowest BCUT2D eigenvalue weighted by atomic mass is 10.1. The van der Waals surface area contributed by atoms with Crippen LogP contribution in [0.3, 0.4) is 0 Å². The number of rotatable bonds is 5. The van der Waals surface area contributed by atoms with Gasteiger partial charge in [-0.2, -0.15) is 0 Å². The molecule has 146 valence electrons. The van der Waals surface area contributed by atoms with Crippen LogP contribution in [0.2, 0.25) is 0 Å². The monoisotopic (exact) mass is 445 g/mol. The molecular weight excluding hydrogens is 426 g/mol. The van der Waals surface area contributed by atoms with Gasteiger partial charge in [0.05, 0.1) is 18.9 Å². The summed E-state index contributed by atoms with van der Waals surface area (Å²) >= 11 is 3.36. The van der Waals surface area contributed by atoms with Gasteiger partial charge in [0.15, 0.2) is 0 Å². The quantitative estimate of drug-likeness (QED) is 0.615. The van der Waals surface area contributed by atoms with E-state index in [0.717, 1.165) is 10.0 Å². The van der Waals surface area contributed by atoms with Crippen molar-refractivity contribution in [2.75, 3.05) is 18.5 Å². The number of amides is 3. The number of hydrazine groups is 1. The summed E-state index contributed by atoms with van der Waals surface area (Å²) in [6.07, 6.45) is 0.866. The molecule has 1 atom stereocenters. The van der Waals surface area contributed by atoms with Crippen LogP contribution in [0.25, 0.3) is 0 Å². The molecule has 0 aliphatic carbocycles. The summed E-state index contributed by atoms with van der Waals surface area (Å²) < 4.78 is 6.10. The molecule has 8 heteroatoms. The lowest BCUT2D eigenvalue weighted by molar-refractivity contribution is -0.125. The number of nitrogens with one attached hydrogen (secondary N) is 3. The van der Waals surface area contributed by atoms with E-state index in [1.807, 2.05) is 24.3 Å². The predicted octanol–water partition coefficient (Wildman–Crippen LogP) is 2.43. The van der Waals surface area contributed by atoms with Crippen molar-refractivity contribution < 1.29 is 19.1 Å². The fraction of sp³-hybridized carbons (Fsp3) is 0.250. The fourth-order valence-corrected chi connectivity index (χ4v) is 3.03. The number of carbonyl (C=O) groups is 3. The molecule has 0 saturated carbocycles. The van der Waals surface area contributed by atoms with Gasteiger partial charge in [0.2, 0.25) is 11.8 Å². The van der Waals surface area contributed by atoms with E-state index in [0.29, 0.717) is 30.9 Å². The second-order valence-corrected chi connectivity index (χ2v) is 7.35. The molecule has 1 heterocycles. The maximum absolute atomic E-state index is 12.3. The van der Waals surface area contributed by atoms with Crippen LogP contribution in [0, 0.1) is 5.92 Å². The highest BCUT2D eigenvalue weighted by atomic mass is 79.9. The summed E-state index contributed by atoms with van der Waals surface area (Å²) in [6.45, 7) is 0.912. The Morgan fingerprint density at radius 3 is 2.57 bits per heavy atom. The average Bonchev–Trinajstić information content (AvgIpc) is 3.23. The van der Waals surface area contributed by atoms with Gasteiger partial charge in [-0.1, -0.05) is 34.1 Å². The molecule has 3 rings (SSSR count). The van der Waals surface area contributed by atoms with Crippen molar-refractivity contribution in [1.29, 1.82) is 0 Å². The zero-order chi connectivity index (χ0) is 19.9. The summed E-state index contributed by atoms with van der Waals surface area (Å²) in [4.78, 5) is 36.4. The summed E-state index contributed by atoms with van der Waals surface area (Å²) in [5.41, 5.74) is 6.51. The van der Waals surface area contributed by atoms with Gasteiger partial charge in [0.25, 0.3) is 5.91 Å². The van der Waals surface area contributed by atoms with Crippen molar-refractivity contribution in [3.63, 3.8) is 0 Å². The molecule has 1 unspecified atom stereocenters. The van der Waals surface area contributed by atoms with Crippen molar-refractivity contribution in [2.45, 2.75) is 12.8 Å². The summed E-state index contributed by atoms with van der Waals surface area (Å²) in [6, 6.07) is 14.0. The first-order valence-corrected chi connectivity index (χ1v) is 9.63. The molecule has 3 N–H and O–H groups in total. The maximum atomic E-state index is 12.3. The van der Waals surface area contributed by atoms with Crippen molar-refractivity contribution in [3.8, 4) is 0 Å². The molecule has 2 aromatic rings. The molecule has 2 aromatic carbocycles. The molecule has 0 radical (unpaired) electrons. The van der Waals surface area contributed by atoms with Gasteiger partial charge in [-0.05, 0) is 42.3 Å². The van der Waals surface area contributed by atoms with E-state index < -0.39 is 5.91 Å². The lowest BCUT2D eigenvalue weighted by Crippen LogP contribution is -2.44. The van der Waals surface area contributed by atoms with Crippen LogP contribution in [0.4, 0.5) is 5.69 Å². The Bertz CT molecular complexity index is 864. The van der Waals surface area contributed by atoms with Crippen molar-refractivity contribution >= 4 is 39.3 Å². The van der Waals surface area contributed by atoms with E-state index in [-0.39, 0.29) is 24.2 Å². The first kappa shape index (κ1) is 20.0. The molecular formula is C20H20BrN3O4. The number of anilines is 1. The van der Waals surface area contributed by atoms with Crippen LogP contribution in [0.1, 0.15) is 22.3 Å². The summed E-state index contributed by atoms with van der Waals surface area (Å²) in [5.74, 6) is -1.17. The third-order valence-electron chi connectivity index (χ3n) is 4.29. The second-order valence-electron chi connectivity index (χ2n) is 6.44. The number of benzene rings is 2. The number of halogens is 1. The Labute approximate surface area is 170 Å². The van der Waals surface area contributed by atoms with Crippen molar-refractivity contribution in [2.24, 2.45) is 5.92 Å². The molecule has 0 spiro atoms. The Balaban J connectivity index is 1.53. The SMILES string of the molecule is O=C(Cc1ccc(Br)cc1)Nc1cccc(C(=O)NNC(=O)C2CCOC2)c1. The molecule has 28 heavy (non-hydrogen) atoms. The van der Waals surface area contributed by atoms with Crippen LogP contribution in [-0.2, 0) is 20.7 Å². The molecule has 7 nitrogen and oxygen atoms in total. The summed E-state index contributed by atoms with van der Waals surface area (Å²) in [5, 5.41) is 2.78.